The standard InChI is InChI=1S/C10H7NO3.C10H10O3/c12-7-3-1-6(2-4-7)8-5-9(13)11-10(8)14;1-7(2)10(12)13-9-5-3-8(11)4-6-9/h1-5,12H,(H,11,13,14);3-6,11H,1H2,2H3. The maximum atomic E-state index is 11.2. The molecule has 2 amide bonds. The smallest absolute Gasteiger partial charge is 0.338 e. The summed E-state index contributed by atoms with van der Waals surface area (Å²) in [6.45, 7) is 5.02. The molecule has 0 aliphatic carbocycles. The van der Waals surface area contributed by atoms with Gasteiger partial charge in [-0.3, -0.25) is 14.9 Å². The fourth-order valence-corrected chi connectivity index (χ4v) is 1.98. The third-order valence-electron chi connectivity index (χ3n) is 3.33. The van der Waals surface area contributed by atoms with Crippen LogP contribution in [0.25, 0.3) is 5.57 Å². The minimum Gasteiger partial charge on any atom is -0.508 e. The van der Waals surface area contributed by atoms with Gasteiger partial charge in [0.1, 0.15) is 17.2 Å². The third-order valence-corrected chi connectivity index (χ3v) is 3.33. The van der Waals surface area contributed by atoms with E-state index in [0.29, 0.717) is 22.5 Å². The first-order chi connectivity index (χ1) is 12.8. The Morgan fingerprint density at radius 1 is 0.963 bits per heavy atom. The summed E-state index contributed by atoms with van der Waals surface area (Å²) in [4.78, 5) is 33.1. The summed E-state index contributed by atoms with van der Waals surface area (Å²) in [5.74, 6) is -0.621. The van der Waals surface area contributed by atoms with Crippen LogP contribution in [0.5, 0.6) is 17.2 Å². The molecule has 1 aliphatic heterocycles. The number of nitrogens with one attached hydrogen (secondary N) is 1. The van der Waals surface area contributed by atoms with Crippen molar-refractivity contribution in [3.63, 3.8) is 0 Å². The van der Waals surface area contributed by atoms with Gasteiger partial charge in [0.05, 0.1) is 5.57 Å². The predicted octanol–water partition coefficient (Wildman–Crippen LogP) is 2.31. The van der Waals surface area contributed by atoms with Crippen LogP contribution in [0.1, 0.15) is 12.5 Å². The zero-order valence-electron chi connectivity index (χ0n) is 14.4. The number of imide groups is 1. The fourth-order valence-electron chi connectivity index (χ4n) is 1.98. The van der Waals surface area contributed by atoms with Crippen LogP contribution in [0, 0.1) is 0 Å². The first-order valence-electron chi connectivity index (χ1n) is 7.79. The van der Waals surface area contributed by atoms with E-state index in [0.717, 1.165) is 0 Å². The number of carbonyl (C=O) groups is 3. The molecule has 0 saturated carbocycles. The third kappa shape index (κ3) is 5.57. The van der Waals surface area contributed by atoms with Crippen molar-refractivity contribution < 1.29 is 29.3 Å². The molecule has 3 N–H and O–H groups in total. The van der Waals surface area contributed by atoms with Gasteiger partial charge in [0.15, 0.2) is 0 Å². The lowest BCUT2D eigenvalue weighted by Crippen LogP contribution is -2.21. The van der Waals surface area contributed by atoms with Gasteiger partial charge < -0.3 is 14.9 Å². The number of aromatic hydroxyl groups is 2. The number of amides is 2. The topological polar surface area (TPSA) is 113 Å². The van der Waals surface area contributed by atoms with E-state index in [2.05, 4.69) is 11.9 Å². The van der Waals surface area contributed by atoms with Gasteiger partial charge in [-0.25, -0.2) is 4.79 Å². The van der Waals surface area contributed by atoms with Gasteiger partial charge in [-0.15, -0.1) is 0 Å². The highest BCUT2D eigenvalue weighted by molar-refractivity contribution is 6.33. The summed E-state index contributed by atoms with van der Waals surface area (Å²) in [5.41, 5.74) is 1.29. The second-order valence-corrected chi connectivity index (χ2v) is 5.59. The highest BCUT2D eigenvalue weighted by atomic mass is 16.5. The molecule has 0 aromatic heterocycles. The molecule has 138 valence electrons. The van der Waals surface area contributed by atoms with Crippen molar-refractivity contribution in [3.05, 3.63) is 72.3 Å². The van der Waals surface area contributed by atoms with Gasteiger partial charge in [-0.05, 0) is 48.9 Å². The lowest BCUT2D eigenvalue weighted by Gasteiger charge is -2.02. The largest absolute Gasteiger partial charge is 0.508 e. The molecule has 0 fully saturated rings. The summed E-state index contributed by atoms with van der Waals surface area (Å²) >= 11 is 0. The molecule has 0 bridgehead atoms. The Labute approximate surface area is 155 Å². The van der Waals surface area contributed by atoms with Crippen molar-refractivity contribution in [2.75, 3.05) is 0 Å². The number of rotatable bonds is 3. The van der Waals surface area contributed by atoms with E-state index in [-0.39, 0.29) is 11.5 Å². The SMILES string of the molecule is C=C(C)C(=O)Oc1ccc(O)cc1.O=C1C=C(c2ccc(O)cc2)C(=O)N1. The fraction of sp³-hybridized carbons (Fsp3) is 0.0500. The number of ether oxygens (including phenoxy) is 1. The van der Waals surface area contributed by atoms with Crippen LogP contribution in [0.3, 0.4) is 0 Å². The Balaban J connectivity index is 0.000000194. The molecule has 27 heavy (non-hydrogen) atoms. The number of hydrogen-bond donors (Lipinski definition) is 3. The van der Waals surface area contributed by atoms with Crippen LogP contribution < -0.4 is 10.1 Å². The lowest BCUT2D eigenvalue weighted by atomic mass is 10.1. The summed E-state index contributed by atoms with van der Waals surface area (Å²) in [7, 11) is 0. The Morgan fingerprint density at radius 2 is 1.48 bits per heavy atom. The molecule has 0 radical (unpaired) electrons. The van der Waals surface area contributed by atoms with E-state index in [4.69, 9.17) is 14.9 Å². The van der Waals surface area contributed by atoms with Gasteiger partial charge in [0, 0.05) is 11.6 Å². The Hall–Kier alpha value is -3.87. The number of carbonyl (C=O) groups excluding carboxylic acids is 3. The summed E-state index contributed by atoms with van der Waals surface area (Å²) in [5, 5.41) is 20.1. The van der Waals surface area contributed by atoms with E-state index in [9.17, 15) is 14.4 Å². The van der Waals surface area contributed by atoms with Crippen LogP contribution in [-0.2, 0) is 14.4 Å². The van der Waals surface area contributed by atoms with Gasteiger partial charge in [-0.1, -0.05) is 18.7 Å². The lowest BCUT2D eigenvalue weighted by molar-refractivity contribution is -0.130. The maximum Gasteiger partial charge on any atom is 0.338 e. The van der Waals surface area contributed by atoms with E-state index >= 15 is 0 Å². The molecule has 2 aromatic carbocycles. The second kappa shape index (κ2) is 8.48. The highest BCUT2D eigenvalue weighted by Crippen LogP contribution is 2.20. The van der Waals surface area contributed by atoms with Crippen molar-refractivity contribution in [2.45, 2.75) is 6.92 Å². The zero-order chi connectivity index (χ0) is 20.0. The molecular formula is C20H17NO6. The molecule has 1 heterocycles. The highest BCUT2D eigenvalue weighted by Gasteiger charge is 2.21. The molecule has 0 saturated heterocycles. The van der Waals surface area contributed by atoms with Gasteiger partial charge in [-0.2, -0.15) is 0 Å². The van der Waals surface area contributed by atoms with Crippen LogP contribution >= 0.6 is 0 Å². The Bertz CT molecular complexity index is 910. The van der Waals surface area contributed by atoms with Gasteiger partial charge in [0.2, 0.25) is 0 Å². The van der Waals surface area contributed by atoms with E-state index < -0.39 is 17.8 Å². The molecule has 2 aromatic rings. The first kappa shape index (κ1) is 19.5. The molecule has 1 aliphatic rings. The molecule has 0 spiro atoms. The predicted molar refractivity (Wildman–Crippen MR) is 97.8 cm³/mol. The summed E-state index contributed by atoms with van der Waals surface area (Å²) in [6.07, 6.45) is 1.24. The van der Waals surface area contributed by atoms with Crippen molar-refractivity contribution in [2.24, 2.45) is 0 Å². The summed E-state index contributed by atoms with van der Waals surface area (Å²) in [6, 6.07) is 12.0. The maximum absolute atomic E-state index is 11.2. The molecule has 3 rings (SSSR count). The molecule has 7 heteroatoms. The molecule has 0 unspecified atom stereocenters. The van der Waals surface area contributed by atoms with E-state index in [1.807, 2.05) is 0 Å². The number of hydrogen-bond acceptors (Lipinski definition) is 6. The molecule has 0 atom stereocenters. The quantitative estimate of drug-likeness (QED) is 0.332. The van der Waals surface area contributed by atoms with Crippen LogP contribution in [0.2, 0.25) is 0 Å². The monoisotopic (exact) mass is 367 g/mol. The van der Waals surface area contributed by atoms with E-state index in [1.54, 1.807) is 19.1 Å². The number of phenolic OH excluding ortho intramolecular Hbond substituents is 2. The molecular weight excluding hydrogens is 350 g/mol. The Morgan fingerprint density at radius 3 is 1.93 bits per heavy atom. The number of phenols is 2. The van der Waals surface area contributed by atoms with Crippen LogP contribution in [-0.4, -0.2) is 28.0 Å². The van der Waals surface area contributed by atoms with E-state index in [1.165, 1.54) is 42.5 Å². The normalized spacial score (nSPS) is 12.4. The zero-order valence-corrected chi connectivity index (χ0v) is 14.4. The van der Waals surface area contributed by atoms with Crippen molar-refractivity contribution in [3.8, 4) is 17.2 Å². The van der Waals surface area contributed by atoms with Crippen LogP contribution in [0.4, 0.5) is 0 Å². The first-order valence-corrected chi connectivity index (χ1v) is 7.79. The van der Waals surface area contributed by atoms with Gasteiger partial charge >= 0.3 is 5.97 Å². The van der Waals surface area contributed by atoms with Crippen LogP contribution in [0.15, 0.2) is 66.8 Å². The number of benzene rings is 2. The average Bonchev–Trinajstić information content (AvgIpc) is 2.96. The number of esters is 1. The van der Waals surface area contributed by atoms with Crippen molar-refractivity contribution in [1.82, 2.24) is 5.32 Å². The second-order valence-electron chi connectivity index (χ2n) is 5.59. The van der Waals surface area contributed by atoms with Crippen molar-refractivity contribution in [1.29, 1.82) is 0 Å². The Kier molecular flexibility index (Phi) is 6.11. The van der Waals surface area contributed by atoms with Gasteiger partial charge in [0.25, 0.3) is 11.8 Å². The minimum atomic E-state index is -0.467. The minimum absolute atomic E-state index is 0.124. The van der Waals surface area contributed by atoms with Crippen molar-refractivity contribution >= 4 is 23.4 Å². The average molecular weight is 367 g/mol. The summed E-state index contributed by atoms with van der Waals surface area (Å²) < 4.78 is 4.88. The molecule has 7 nitrogen and oxygen atoms in total.